The molecule has 1 rings (SSSR count). The number of halogens is 1. The molecular weight excluding hydrogens is 336 g/mol. The fourth-order valence-electron chi connectivity index (χ4n) is 3.57. The van der Waals surface area contributed by atoms with E-state index in [0.717, 1.165) is 25.7 Å². The summed E-state index contributed by atoms with van der Waals surface area (Å²) in [6, 6.07) is 0. The molecule has 1 saturated carbocycles. The molecule has 1 aliphatic carbocycles. The van der Waals surface area contributed by atoms with E-state index in [4.69, 9.17) is 11.6 Å². The van der Waals surface area contributed by atoms with Gasteiger partial charge in [-0.3, -0.25) is 0 Å². The van der Waals surface area contributed by atoms with Gasteiger partial charge in [-0.25, -0.2) is 0 Å². The van der Waals surface area contributed by atoms with Gasteiger partial charge in [-0.15, -0.1) is 11.6 Å². The SMILES string of the molecule is CCCCC=CC[C@@H]1[C@@H](C=CCC(O)(CCl)CCCC)[C@H](O)C[C@@H]1O. The van der Waals surface area contributed by atoms with Crippen LogP contribution in [0.25, 0.3) is 0 Å². The van der Waals surface area contributed by atoms with Gasteiger partial charge in [0.05, 0.1) is 23.7 Å². The number of hydrogen-bond donors (Lipinski definition) is 3. The summed E-state index contributed by atoms with van der Waals surface area (Å²) in [5.41, 5.74) is -0.869. The van der Waals surface area contributed by atoms with Gasteiger partial charge in [0.1, 0.15) is 0 Å². The standard InChI is InChI=1S/C21H37ClO3/c1-3-5-7-8-9-11-17-18(20(24)15-19(17)23)12-10-14-21(25,16-22)13-6-4-2/h8-10,12,17-20,23-25H,3-7,11,13-16H2,1-2H3/t17-,18-,19+,20-,21?/m1/s1. The number of alkyl halides is 1. The maximum absolute atomic E-state index is 10.5. The van der Waals surface area contributed by atoms with Gasteiger partial charge in [0.2, 0.25) is 0 Å². The van der Waals surface area contributed by atoms with Crippen molar-refractivity contribution in [1.29, 1.82) is 0 Å². The smallest absolute Gasteiger partial charge is 0.0816 e. The Morgan fingerprint density at radius 3 is 2.40 bits per heavy atom. The largest absolute Gasteiger partial charge is 0.393 e. The third kappa shape index (κ3) is 7.82. The normalized spacial score (nSPS) is 29.7. The molecule has 0 radical (unpaired) electrons. The summed E-state index contributed by atoms with van der Waals surface area (Å²) in [4.78, 5) is 0. The zero-order chi connectivity index (χ0) is 18.7. The second-order valence-corrected chi connectivity index (χ2v) is 7.82. The highest BCUT2D eigenvalue weighted by atomic mass is 35.5. The van der Waals surface area contributed by atoms with E-state index in [-0.39, 0.29) is 17.7 Å². The average Bonchev–Trinajstić information content (AvgIpc) is 2.86. The van der Waals surface area contributed by atoms with Gasteiger partial charge >= 0.3 is 0 Å². The van der Waals surface area contributed by atoms with E-state index in [2.05, 4.69) is 26.0 Å². The molecule has 25 heavy (non-hydrogen) atoms. The number of allylic oxidation sites excluding steroid dienone is 2. The van der Waals surface area contributed by atoms with Crippen molar-refractivity contribution in [3.63, 3.8) is 0 Å². The van der Waals surface area contributed by atoms with Crippen molar-refractivity contribution in [2.45, 2.75) is 89.4 Å². The first-order chi connectivity index (χ1) is 12.0. The number of hydrogen-bond acceptors (Lipinski definition) is 3. The fourth-order valence-corrected chi connectivity index (χ4v) is 3.82. The third-order valence-electron chi connectivity index (χ3n) is 5.32. The molecule has 1 unspecified atom stereocenters. The van der Waals surface area contributed by atoms with Gasteiger partial charge in [0, 0.05) is 12.3 Å². The Hall–Kier alpha value is -0.350. The fraction of sp³-hybridized carbons (Fsp3) is 0.810. The van der Waals surface area contributed by atoms with Crippen LogP contribution in [0.15, 0.2) is 24.3 Å². The van der Waals surface area contributed by atoms with Gasteiger partial charge in [-0.05, 0) is 31.6 Å². The van der Waals surface area contributed by atoms with Gasteiger partial charge in [0.25, 0.3) is 0 Å². The summed E-state index contributed by atoms with van der Waals surface area (Å²) in [5.74, 6) is 0.206. The zero-order valence-corrected chi connectivity index (χ0v) is 16.7. The zero-order valence-electron chi connectivity index (χ0n) is 15.9. The Morgan fingerprint density at radius 1 is 1.04 bits per heavy atom. The van der Waals surface area contributed by atoms with Gasteiger partial charge in [-0.2, -0.15) is 0 Å². The number of aliphatic hydroxyl groups excluding tert-OH is 2. The molecule has 1 fully saturated rings. The minimum absolute atomic E-state index is 0.0452. The quantitative estimate of drug-likeness (QED) is 0.267. The molecule has 0 aromatic heterocycles. The highest BCUT2D eigenvalue weighted by Crippen LogP contribution is 2.36. The molecule has 146 valence electrons. The van der Waals surface area contributed by atoms with Crippen LogP contribution in [-0.2, 0) is 0 Å². The van der Waals surface area contributed by atoms with E-state index in [9.17, 15) is 15.3 Å². The molecular formula is C21H37ClO3. The molecule has 0 aliphatic heterocycles. The summed E-state index contributed by atoms with van der Waals surface area (Å²) < 4.78 is 0. The number of aliphatic hydroxyl groups is 3. The highest BCUT2D eigenvalue weighted by Gasteiger charge is 2.39. The molecule has 5 atom stereocenters. The van der Waals surface area contributed by atoms with Gasteiger partial charge in [-0.1, -0.05) is 63.8 Å². The lowest BCUT2D eigenvalue weighted by molar-refractivity contribution is 0.0549. The summed E-state index contributed by atoms with van der Waals surface area (Å²) >= 11 is 5.95. The third-order valence-corrected chi connectivity index (χ3v) is 5.81. The van der Waals surface area contributed by atoms with Crippen LogP contribution in [0.4, 0.5) is 0 Å². The molecule has 0 heterocycles. The van der Waals surface area contributed by atoms with Crippen molar-refractivity contribution in [2.24, 2.45) is 11.8 Å². The van der Waals surface area contributed by atoms with Crippen molar-refractivity contribution in [3.05, 3.63) is 24.3 Å². The van der Waals surface area contributed by atoms with E-state index in [1.54, 1.807) is 0 Å². The van der Waals surface area contributed by atoms with Crippen LogP contribution < -0.4 is 0 Å². The predicted molar refractivity (Wildman–Crippen MR) is 106 cm³/mol. The van der Waals surface area contributed by atoms with E-state index >= 15 is 0 Å². The molecule has 3 nitrogen and oxygen atoms in total. The minimum Gasteiger partial charge on any atom is -0.393 e. The van der Waals surface area contributed by atoms with Crippen molar-refractivity contribution >= 4 is 11.6 Å². The van der Waals surface area contributed by atoms with E-state index in [0.29, 0.717) is 19.3 Å². The molecule has 1 aliphatic rings. The van der Waals surface area contributed by atoms with Crippen molar-refractivity contribution in [3.8, 4) is 0 Å². The number of unbranched alkanes of at least 4 members (excludes halogenated alkanes) is 3. The van der Waals surface area contributed by atoms with E-state index in [1.165, 1.54) is 12.8 Å². The lowest BCUT2D eigenvalue weighted by atomic mass is 9.88. The maximum atomic E-state index is 10.5. The first-order valence-corrected chi connectivity index (χ1v) is 10.5. The van der Waals surface area contributed by atoms with Gasteiger partial charge < -0.3 is 15.3 Å². The van der Waals surface area contributed by atoms with Crippen molar-refractivity contribution in [1.82, 2.24) is 0 Å². The van der Waals surface area contributed by atoms with Crippen LogP contribution in [0.2, 0.25) is 0 Å². The van der Waals surface area contributed by atoms with Crippen LogP contribution in [0.5, 0.6) is 0 Å². The lowest BCUT2D eigenvalue weighted by Crippen LogP contribution is -2.30. The monoisotopic (exact) mass is 372 g/mol. The number of rotatable bonds is 12. The van der Waals surface area contributed by atoms with E-state index in [1.807, 2.05) is 12.2 Å². The van der Waals surface area contributed by atoms with Crippen molar-refractivity contribution < 1.29 is 15.3 Å². The van der Waals surface area contributed by atoms with Crippen LogP contribution in [-0.4, -0.2) is 39.0 Å². The Morgan fingerprint density at radius 2 is 1.76 bits per heavy atom. The summed E-state index contributed by atoms with van der Waals surface area (Å²) in [6.07, 6.45) is 15.1. The Kier molecular flexibility index (Phi) is 11.0. The molecule has 0 amide bonds. The summed E-state index contributed by atoms with van der Waals surface area (Å²) in [5, 5.41) is 31.1. The topological polar surface area (TPSA) is 60.7 Å². The second-order valence-electron chi connectivity index (χ2n) is 7.55. The second kappa shape index (κ2) is 12.1. The first kappa shape index (κ1) is 22.7. The average molecular weight is 373 g/mol. The van der Waals surface area contributed by atoms with E-state index < -0.39 is 17.8 Å². The molecule has 4 heteroatoms. The molecule has 0 aromatic rings. The van der Waals surface area contributed by atoms with Crippen LogP contribution in [0.1, 0.15) is 71.6 Å². The summed E-state index contributed by atoms with van der Waals surface area (Å²) in [6.45, 7) is 4.27. The Bertz CT molecular complexity index is 410. The molecule has 0 aromatic carbocycles. The summed E-state index contributed by atoms with van der Waals surface area (Å²) in [7, 11) is 0. The molecule has 0 spiro atoms. The Balaban J connectivity index is 2.61. The van der Waals surface area contributed by atoms with Gasteiger partial charge in [0.15, 0.2) is 0 Å². The lowest BCUT2D eigenvalue weighted by Gasteiger charge is -2.25. The van der Waals surface area contributed by atoms with Crippen LogP contribution in [0.3, 0.4) is 0 Å². The van der Waals surface area contributed by atoms with Crippen LogP contribution in [0, 0.1) is 11.8 Å². The predicted octanol–water partition coefficient (Wildman–Crippen LogP) is 4.59. The maximum Gasteiger partial charge on any atom is 0.0816 e. The molecule has 0 bridgehead atoms. The van der Waals surface area contributed by atoms with Crippen molar-refractivity contribution in [2.75, 3.05) is 5.88 Å². The Labute approximate surface area is 158 Å². The highest BCUT2D eigenvalue weighted by molar-refractivity contribution is 6.18. The molecule has 3 N–H and O–H groups in total. The first-order valence-electron chi connectivity index (χ1n) is 9.93. The molecule has 0 saturated heterocycles. The minimum atomic E-state index is -0.869. The van der Waals surface area contributed by atoms with Crippen LogP contribution >= 0.6 is 11.6 Å².